The number of unbranched alkanes of at least 4 members (excludes halogenated alkanes) is 38. The Bertz CT molecular complexity index is 1520. The van der Waals surface area contributed by atoms with Crippen LogP contribution in [0.5, 0.6) is 0 Å². The lowest BCUT2D eigenvalue weighted by Gasteiger charge is -2.18. The van der Waals surface area contributed by atoms with Crippen LogP contribution in [0.15, 0.2) is 85.1 Å². The molecule has 0 heterocycles. The highest BCUT2D eigenvalue weighted by Crippen LogP contribution is 2.17. The van der Waals surface area contributed by atoms with Crippen LogP contribution in [0.1, 0.15) is 348 Å². The van der Waals surface area contributed by atoms with Crippen molar-refractivity contribution in [1.29, 1.82) is 0 Å². The fraction of sp³-hybridized carbons (Fsp3) is 0.770. The van der Waals surface area contributed by atoms with Crippen LogP contribution >= 0.6 is 0 Å². The molecule has 0 aromatic rings. The van der Waals surface area contributed by atoms with E-state index in [0.717, 1.165) is 103 Å². The van der Waals surface area contributed by atoms with Crippen molar-refractivity contribution in [2.45, 2.75) is 354 Å². The van der Waals surface area contributed by atoms with Crippen LogP contribution in [0, 0.1) is 0 Å². The first-order chi connectivity index (χ1) is 39.5. The molecule has 0 aromatic carbocycles. The van der Waals surface area contributed by atoms with Gasteiger partial charge in [0.15, 0.2) is 6.10 Å². The Morgan fingerprint density at radius 3 is 0.787 bits per heavy atom. The summed E-state index contributed by atoms with van der Waals surface area (Å²) in [5.74, 6) is -0.864. The van der Waals surface area contributed by atoms with E-state index in [9.17, 15) is 14.4 Å². The molecule has 6 heteroatoms. The quantitative estimate of drug-likeness (QED) is 0.0261. The van der Waals surface area contributed by atoms with Gasteiger partial charge in [0.1, 0.15) is 13.2 Å². The van der Waals surface area contributed by atoms with Gasteiger partial charge in [-0.1, -0.05) is 318 Å². The molecule has 462 valence electrons. The first kappa shape index (κ1) is 76.6. The normalized spacial score (nSPS) is 12.6. The summed E-state index contributed by atoms with van der Waals surface area (Å²) in [6.07, 6.45) is 90.4. The van der Waals surface area contributed by atoms with E-state index in [0.29, 0.717) is 19.3 Å². The summed E-state index contributed by atoms with van der Waals surface area (Å²) in [7, 11) is 0. The van der Waals surface area contributed by atoms with Crippen LogP contribution < -0.4 is 0 Å². The zero-order valence-corrected chi connectivity index (χ0v) is 53.1. The summed E-state index contributed by atoms with van der Waals surface area (Å²) < 4.78 is 16.9. The number of hydrogen-bond donors (Lipinski definition) is 0. The van der Waals surface area contributed by atoms with E-state index in [1.54, 1.807) is 0 Å². The molecule has 0 radical (unpaired) electrons. The van der Waals surface area contributed by atoms with Gasteiger partial charge in [0.05, 0.1) is 0 Å². The summed E-state index contributed by atoms with van der Waals surface area (Å²) in [5, 5.41) is 0. The molecule has 6 nitrogen and oxygen atoms in total. The first-order valence-corrected chi connectivity index (χ1v) is 34.6. The van der Waals surface area contributed by atoms with E-state index in [1.807, 2.05) is 0 Å². The van der Waals surface area contributed by atoms with E-state index in [2.05, 4.69) is 106 Å². The predicted molar refractivity (Wildman–Crippen MR) is 348 cm³/mol. The summed E-state index contributed by atoms with van der Waals surface area (Å²) in [6, 6.07) is 0. The standard InChI is InChI=1S/C74H130O6/c1-4-7-10-13-16-19-22-25-27-29-30-31-32-33-34-35-36-37-38-39-40-41-42-43-44-46-47-49-52-55-58-61-64-67-73(76)79-70-71(69-78-72(75)66-63-60-57-54-51-24-21-18-15-12-9-6-3)80-74(77)68-65-62-59-56-53-50-48-45-28-26-23-20-17-14-11-8-5-2/h7,10,16-17,19-20,25-28,30-31,33-34,71H,4-6,8-9,11-15,18,21-24,29,32,35-70H2,1-3H3/b10-7-,19-16-,20-17-,27-25-,28-26-,31-30-,34-33-. The molecule has 80 heavy (non-hydrogen) atoms. The Morgan fingerprint density at radius 2 is 0.487 bits per heavy atom. The van der Waals surface area contributed by atoms with Crippen LogP contribution in [-0.2, 0) is 28.6 Å². The van der Waals surface area contributed by atoms with Gasteiger partial charge >= 0.3 is 17.9 Å². The van der Waals surface area contributed by atoms with Crippen molar-refractivity contribution in [3.05, 3.63) is 85.1 Å². The zero-order chi connectivity index (χ0) is 57.8. The topological polar surface area (TPSA) is 78.9 Å². The third-order valence-corrected chi connectivity index (χ3v) is 15.1. The van der Waals surface area contributed by atoms with Crippen LogP contribution in [0.3, 0.4) is 0 Å². The van der Waals surface area contributed by atoms with Gasteiger partial charge in [0, 0.05) is 19.3 Å². The van der Waals surface area contributed by atoms with Crippen molar-refractivity contribution in [2.24, 2.45) is 0 Å². The van der Waals surface area contributed by atoms with Gasteiger partial charge in [0.2, 0.25) is 0 Å². The summed E-state index contributed by atoms with van der Waals surface area (Å²) in [4.78, 5) is 38.3. The van der Waals surface area contributed by atoms with Crippen molar-refractivity contribution >= 4 is 17.9 Å². The molecule has 0 aliphatic rings. The Morgan fingerprint density at radius 1 is 0.263 bits per heavy atom. The van der Waals surface area contributed by atoms with Gasteiger partial charge in [-0.15, -0.1) is 0 Å². The summed E-state index contributed by atoms with van der Waals surface area (Å²) in [5.41, 5.74) is 0. The number of allylic oxidation sites excluding steroid dienone is 14. The molecule has 0 aliphatic heterocycles. The van der Waals surface area contributed by atoms with Crippen LogP contribution in [-0.4, -0.2) is 37.2 Å². The van der Waals surface area contributed by atoms with Crippen LogP contribution in [0.25, 0.3) is 0 Å². The van der Waals surface area contributed by atoms with E-state index in [1.165, 1.54) is 205 Å². The molecular weight excluding hydrogens is 985 g/mol. The molecule has 0 fully saturated rings. The van der Waals surface area contributed by atoms with Crippen molar-refractivity contribution in [3.8, 4) is 0 Å². The van der Waals surface area contributed by atoms with Crippen molar-refractivity contribution < 1.29 is 28.6 Å². The maximum atomic E-state index is 12.9. The number of hydrogen-bond acceptors (Lipinski definition) is 6. The second kappa shape index (κ2) is 68.1. The lowest BCUT2D eigenvalue weighted by atomic mass is 10.0. The van der Waals surface area contributed by atoms with Gasteiger partial charge in [0.25, 0.3) is 0 Å². The van der Waals surface area contributed by atoms with Gasteiger partial charge in [-0.3, -0.25) is 14.4 Å². The molecule has 0 N–H and O–H groups in total. The maximum Gasteiger partial charge on any atom is 0.306 e. The fourth-order valence-corrected chi connectivity index (χ4v) is 9.97. The summed E-state index contributed by atoms with van der Waals surface area (Å²) >= 11 is 0. The Kier molecular flexibility index (Phi) is 65.2. The summed E-state index contributed by atoms with van der Waals surface area (Å²) in [6.45, 7) is 6.53. The van der Waals surface area contributed by atoms with Gasteiger partial charge in [-0.25, -0.2) is 0 Å². The van der Waals surface area contributed by atoms with Crippen molar-refractivity contribution in [2.75, 3.05) is 13.2 Å². The molecule has 0 rings (SSSR count). The number of esters is 3. The molecule has 0 spiro atoms. The maximum absolute atomic E-state index is 12.9. The molecule has 1 atom stereocenters. The lowest BCUT2D eigenvalue weighted by molar-refractivity contribution is -0.167. The Labute approximate surface area is 496 Å². The largest absolute Gasteiger partial charge is 0.462 e. The fourth-order valence-electron chi connectivity index (χ4n) is 9.97. The van der Waals surface area contributed by atoms with E-state index in [4.69, 9.17) is 14.2 Å². The van der Waals surface area contributed by atoms with Crippen molar-refractivity contribution in [1.82, 2.24) is 0 Å². The van der Waals surface area contributed by atoms with Gasteiger partial charge < -0.3 is 14.2 Å². The molecule has 0 aliphatic carbocycles. The molecule has 0 amide bonds. The number of carbonyl (C=O) groups excluding carboxylic acids is 3. The zero-order valence-electron chi connectivity index (χ0n) is 53.1. The second-order valence-corrected chi connectivity index (χ2v) is 23.1. The van der Waals surface area contributed by atoms with E-state index in [-0.39, 0.29) is 31.1 Å². The first-order valence-electron chi connectivity index (χ1n) is 34.6. The monoisotopic (exact) mass is 1110 g/mol. The van der Waals surface area contributed by atoms with Gasteiger partial charge in [-0.2, -0.15) is 0 Å². The van der Waals surface area contributed by atoms with Crippen molar-refractivity contribution in [3.63, 3.8) is 0 Å². The highest BCUT2D eigenvalue weighted by molar-refractivity contribution is 5.71. The third kappa shape index (κ3) is 65.4. The molecule has 0 bridgehead atoms. The highest BCUT2D eigenvalue weighted by atomic mass is 16.6. The minimum Gasteiger partial charge on any atom is -0.462 e. The number of ether oxygens (including phenoxy) is 3. The number of carbonyl (C=O) groups is 3. The minimum absolute atomic E-state index is 0.0741. The Balaban J connectivity index is 4.15. The molecule has 0 aromatic heterocycles. The Hall–Kier alpha value is -3.41. The highest BCUT2D eigenvalue weighted by Gasteiger charge is 2.19. The van der Waals surface area contributed by atoms with E-state index >= 15 is 0 Å². The second-order valence-electron chi connectivity index (χ2n) is 23.1. The minimum atomic E-state index is -0.778. The smallest absolute Gasteiger partial charge is 0.306 e. The molecule has 0 saturated heterocycles. The number of rotatable bonds is 63. The molecule has 1 unspecified atom stereocenters. The average Bonchev–Trinajstić information content (AvgIpc) is 3.46. The van der Waals surface area contributed by atoms with E-state index < -0.39 is 6.10 Å². The van der Waals surface area contributed by atoms with Gasteiger partial charge in [-0.05, 0) is 96.3 Å². The third-order valence-electron chi connectivity index (χ3n) is 15.1. The lowest BCUT2D eigenvalue weighted by Crippen LogP contribution is -2.30. The molecule has 0 saturated carbocycles. The van der Waals surface area contributed by atoms with Crippen LogP contribution in [0.2, 0.25) is 0 Å². The predicted octanol–water partition coefficient (Wildman–Crippen LogP) is 23.8. The van der Waals surface area contributed by atoms with Crippen LogP contribution in [0.4, 0.5) is 0 Å². The SMILES string of the molecule is CC/C=C\C/C=C\C/C=C\C/C=C\C/C=C\CCCCCCCCCCCCCCCCCCCC(=O)OCC(COC(=O)CCCCCCCCCCCCCC)OC(=O)CCCCCCCCC/C=C\C/C=C\CCCCC. The molecular formula is C74H130O6. The average molecular weight is 1120 g/mol.